The first kappa shape index (κ1) is 23.1. The Morgan fingerprint density at radius 1 is 0.971 bits per heavy atom. The van der Waals surface area contributed by atoms with Gasteiger partial charge in [0.1, 0.15) is 0 Å². The van der Waals surface area contributed by atoms with Crippen molar-refractivity contribution in [2.24, 2.45) is 0 Å². The van der Waals surface area contributed by atoms with E-state index in [2.05, 4.69) is 39.2 Å². The number of benzene rings is 2. The molecule has 3 atom stereocenters. The van der Waals surface area contributed by atoms with E-state index in [9.17, 15) is 9.90 Å². The van der Waals surface area contributed by atoms with Gasteiger partial charge in [-0.1, -0.05) is 42.2 Å². The summed E-state index contributed by atoms with van der Waals surface area (Å²) in [5.41, 5.74) is 3.81. The average molecular weight is 467 g/mol. The molecule has 35 heavy (non-hydrogen) atoms. The summed E-state index contributed by atoms with van der Waals surface area (Å²) in [7, 11) is 0. The van der Waals surface area contributed by atoms with Crippen LogP contribution in [0, 0.1) is 11.8 Å². The van der Waals surface area contributed by atoms with Gasteiger partial charge in [0.2, 0.25) is 0 Å². The number of carbonyl (C=O) groups excluding carboxylic acids is 1. The number of para-hydroxylation sites is 1. The molecule has 0 bridgehead atoms. The van der Waals surface area contributed by atoms with Crippen LogP contribution in [0.4, 0.5) is 10.5 Å². The number of hydrogen-bond acceptors (Lipinski definition) is 4. The number of anilines is 1. The first-order valence-corrected chi connectivity index (χ1v) is 12.2. The molecule has 2 amide bonds. The van der Waals surface area contributed by atoms with Gasteiger partial charge in [0.15, 0.2) is 0 Å². The second kappa shape index (κ2) is 10.7. The molecule has 2 aliphatic rings. The van der Waals surface area contributed by atoms with Crippen molar-refractivity contribution in [2.75, 3.05) is 31.6 Å². The van der Waals surface area contributed by atoms with Gasteiger partial charge in [-0.3, -0.25) is 9.88 Å². The normalized spacial score (nSPS) is 22.0. The lowest BCUT2D eigenvalue weighted by atomic mass is 9.74. The van der Waals surface area contributed by atoms with E-state index in [1.165, 1.54) is 5.56 Å². The van der Waals surface area contributed by atoms with E-state index in [0.29, 0.717) is 6.54 Å². The third-order valence-electron chi connectivity index (χ3n) is 6.99. The predicted octanol–water partition coefficient (Wildman–Crippen LogP) is 3.94. The molecule has 2 fully saturated rings. The molecule has 2 aliphatic heterocycles. The van der Waals surface area contributed by atoms with Gasteiger partial charge in [0.25, 0.3) is 0 Å². The molecule has 5 rings (SSSR count). The van der Waals surface area contributed by atoms with Crippen molar-refractivity contribution < 1.29 is 9.90 Å². The molecular formula is C29H30N4O2. The smallest absolute Gasteiger partial charge is 0.321 e. The summed E-state index contributed by atoms with van der Waals surface area (Å²) in [4.78, 5) is 21.5. The Balaban J connectivity index is 1.32. The second-order valence-electron chi connectivity index (χ2n) is 9.14. The fourth-order valence-corrected chi connectivity index (χ4v) is 5.22. The average Bonchev–Trinajstić information content (AvgIpc) is 2.88. The fourth-order valence-electron chi connectivity index (χ4n) is 5.22. The van der Waals surface area contributed by atoms with Crippen molar-refractivity contribution >= 4 is 11.7 Å². The number of pyridine rings is 1. The highest BCUT2D eigenvalue weighted by Gasteiger charge is 2.49. The van der Waals surface area contributed by atoms with Crippen LogP contribution >= 0.6 is 0 Å². The molecule has 178 valence electrons. The molecule has 6 heteroatoms. The van der Waals surface area contributed by atoms with Gasteiger partial charge < -0.3 is 15.3 Å². The van der Waals surface area contributed by atoms with E-state index in [4.69, 9.17) is 0 Å². The van der Waals surface area contributed by atoms with Crippen LogP contribution in [-0.4, -0.2) is 64.2 Å². The van der Waals surface area contributed by atoms with Crippen LogP contribution in [0.2, 0.25) is 0 Å². The topological polar surface area (TPSA) is 68.7 Å². The van der Waals surface area contributed by atoms with Gasteiger partial charge >= 0.3 is 6.03 Å². The highest BCUT2D eigenvalue weighted by molar-refractivity contribution is 5.89. The van der Waals surface area contributed by atoms with Crippen molar-refractivity contribution in [1.82, 2.24) is 14.8 Å². The highest BCUT2D eigenvalue weighted by Crippen LogP contribution is 2.42. The van der Waals surface area contributed by atoms with E-state index < -0.39 is 0 Å². The van der Waals surface area contributed by atoms with Gasteiger partial charge in [0, 0.05) is 60.3 Å². The molecule has 6 nitrogen and oxygen atoms in total. The van der Waals surface area contributed by atoms with Gasteiger partial charge in [-0.15, -0.1) is 0 Å². The lowest BCUT2D eigenvalue weighted by Gasteiger charge is -2.57. The summed E-state index contributed by atoms with van der Waals surface area (Å²) >= 11 is 0. The van der Waals surface area contributed by atoms with Crippen molar-refractivity contribution in [3.63, 3.8) is 0 Å². The highest BCUT2D eigenvalue weighted by atomic mass is 16.3. The summed E-state index contributed by atoms with van der Waals surface area (Å²) < 4.78 is 0. The number of aliphatic hydroxyl groups excluding tert-OH is 1. The number of rotatable bonds is 3. The Kier molecular flexibility index (Phi) is 7.08. The zero-order valence-electron chi connectivity index (χ0n) is 19.7. The van der Waals surface area contributed by atoms with Gasteiger partial charge in [-0.2, -0.15) is 0 Å². The van der Waals surface area contributed by atoms with Crippen LogP contribution in [0.1, 0.15) is 35.4 Å². The molecule has 2 saturated heterocycles. The molecular weight excluding hydrogens is 436 g/mol. The lowest BCUT2D eigenvalue weighted by Crippen LogP contribution is -2.68. The zero-order chi connectivity index (χ0) is 24.0. The van der Waals surface area contributed by atoms with E-state index in [0.717, 1.165) is 42.7 Å². The molecule has 0 saturated carbocycles. The Morgan fingerprint density at radius 3 is 2.49 bits per heavy atom. The third kappa shape index (κ3) is 5.22. The minimum absolute atomic E-state index is 0.0646. The largest absolute Gasteiger partial charge is 0.395 e. The minimum atomic E-state index is -0.0646. The first-order chi connectivity index (χ1) is 17.2. The molecule has 2 N–H and O–H groups in total. The van der Waals surface area contributed by atoms with E-state index >= 15 is 0 Å². The summed E-state index contributed by atoms with van der Waals surface area (Å²) in [6, 6.07) is 21.9. The number of amides is 2. The Bertz CT molecular complexity index is 1190. The van der Waals surface area contributed by atoms with Crippen LogP contribution in [0.25, 0.3) is 0 Å². The molecule has 2 aromatic carbocycles. The maximum absolute atomic E-state index is 13.1. The van der Waals surface area contributed by atoms with Gasteiger partial charge in [-0.25, -0.2) is 4.79 Å². The van der Waals surface area contributed by atoms with Crippen molar-refractivity contribution in [3.05, 3.63) is 95.8 Å². The van der Waals surface area contributed by atoms with Crippen molar-refractivity contribution in [2.45, 2.75) is 30.8 Å². The quantitative estimate of drug-likeness (QED) is 0.574. The summed E-state index contributed by atoms with van der Waals surface area (Å²) in [5, 5.41) is 13.2. The van der Waals surface area contributed by atoms with Gasteiger partial charge in [-0.05, 0) is 61.3 Å². The minimum Gasteiger partial charge on any atom is -0.395 e. The summed E-state index contributed by atoms with van der Waals surface area (Å²) in [5.74, 6) is 6.51. The molecule has 1 aromatic heterocycles. The molecule has 0 unspecified atom stereocenters. The van der Waals surface area contributed by atoms with Crippen LogP contribution in [-0.2, 0) is 0 Å². The monoisotopic (exact) mass is 466 g/mol. The number of aromatic nitrogens is 1. The number of carbonyl (C=O) groups is 1. The lowest BCUT2D eigenvalue weighted by molar-refractivity contribution is -0.0585. The Labute approximate surface area is 206 Å². The molecule has 3 heterocycles. The standard InChI is InChI=1S/C29H30N4O2/c34-21-27-28(24-14-12-22(13-15-24)10-11-23-7-6-16-30-19-23)26-20-32(17-4-5-18-33(26)27)29(35)31-25-8-2-1-3-9-25/h1-3,6-9,12-16,19,26-28,34H,4-5,17-18,20-21H2,(H,31,35)/t26-,27-,28+/m0/s1. The SMILES string of the molecule is O=C(Nc1ccccc1)N1CCCCN2[C@@H](CO)[C@H](c3ccc(C#Cc4cccnc4)cc3)[C@@H]2C1. The number of nitrogens with one attached hydrogen (secondary N) is 1. The summed E-state index contributed by atoms with van der Waals surface area (Å²) in [6.45, 7) is 2.44. The van der Waals surface area contributed by atoms with Crippen LogP contribution < -0.4 is 5.32 Å². The Hall–Kier alpha value is -3.66. The van der Waals surface area contributed by atoms with E-state index in [1.54, 1.807) is 12.4 Å². The first-order valence-electron chi connectivity index (χ1n) is 12.2. The van der Waals surface area contributed by atoms with Crippen molar-refractivity contribution in [3.8, 4) is 11.8 Å². The van der Waals surface area contributed by atoms with E-state index in [-0.39, 0.29) is 30.6 Å². The third-order valence-corrected chi connectivity index (χ3v) is 6.99. The zero-order valence-corrected chi connectivity index (χ0v) is 19.7. The van der Waals surface area contributed by atoms with Crippen LogP contribution in [0.15, 0.2) is 79.1 Å². The maximum atomic E-state index is 13.1. The Morgan fingerprint density at radius 2 is 1.74 bits per heavy atom. The summed E-state index contributed by atoms with van der Waals surface area (Å²) in [6.07, 6.45) is 5.46. The molecule has 3 aromatic rings. The van der Waals surface area contributed by atoms with Crippen LogP contribution in [0.3, 0.4) is 0 Å². The fraction of sp³-hybridized carbons (Fsp3) is 0.310. The number of hydrogen-bond donors (Lipinski definition) is 2. The van der Waals surface area contributed by atoms with Crippen molar-refractivity contribution in [1.29, 1.82) is 0 Å². The van der Waals surface area contributed by atoms with E-state index in [1.807, 2.05) is 59.5 Å². The number of fused-ring (bicyclic) bond motifs is 1. The van der Waals surface area contributed by atoms with Gasteiger partial charge in [0.05, 0.1) is 6.61 Å². The molecule has 0 spiro atoms. The number of urea groups is 1. The number of nitrogens with zero attached hydrogens (tertiary/aromatic N) is 3. The molecule has 0 radical (unpaired) electrons. The van der Waals surface area contributed by atoms with Crippen LogP contribution in [0.5, 0.6) is 0 Å². The predicted molar refractivity (Wildman–Crippen MR) is 137 cm³/mol. The second-order valence-corrected chi connectivity index (χ2v) is 9.14. The molecule has 0 aliphatic carbocycles. The number of aliphatic hydroxyl groups is 1. The maximum Gasteiger partial charge on any atom is 0.321 e.